The zero-order chi connectivity index (χ0) is 17.8. The van der Waals surface area contributed by atoms with E-state index in [1.807, 2.05) is 24.3 Å². The minimum atomic E-state index is -0.297. The summed E-state index contributed by atoms with van der Waals surface area (Å²) in [5, 5.41) is 14.3. The first-order valence-electron chi connectivity index (χ1n) is 8.12. The highest BCUT2D eigenvalue weighted by molar-refractivity contribution is 6.30. The molecule has 0 radical (unpaired) electrons. The van der Waals surface area contributed by atoms with Crippen LogP contribution in [0.4, 0.5) is 5.69 Å². The number of amides is 1. The van der Waals surface area contributed by atoms with Crippen molar-refractivity contribution in [2.24, 2.45) is 7.05 Å². The van der Waals surface area contributed by atoms with Crippen LogP contribution in [-0.2, 0) is 7.05 Å². The molecule has 2 unspecified atom stereocenters. The topological polar surface area (TPSA) is 88.1 Å². The van der Waals surface area contributed by atoms with Crippen molar-refractivity contribution >= 4 is 23.2 Å². The molecular formula is C17H20ClN5O2. The van der Waals surface area contributed by atoms with Gasteiger partial charge in [0.25, 0.3) is 11.5 Å². The van der Waals surface area contributed by atoms with Crippen LogP contribution in [-0.4, -0.2) is 34.4 Å². The van der Waals surface area contributed by atoms with Crippen molar-refractivity contribution in [1.82, 2.24) is 20.4 Å². The second kappa shape index (κ2) is 7.67. The van der Waals surface area contributed by atoms with E-state index in [1.165, 1.54) is 19.2 Å². The van der Waals surface area contributed by atoms with E-state index in [4.69, 9.17) is 11.6 Å². The van der Waals surface area contributed by atoms with Gasteiger partial charge in [0, 0.05) is 36.4 Å². The van der Waals surface area contributed by atoms with E-state index >= 15 is 0 Å². The lowest BCUT2D eigenvalue weighted by atomic mass is 10.0. The second-order valence-corrected chi connectivity index (χ2v) is 6.48. The Labute approximate surface area is 150 Å². The van der Waals surface area contributed by atoms with Gasteiger partial charge in [-0.05, 0) is 37.1 Å². The average Bonchev–Trinajstić information content (AvgIpc) is 2.59. The molecule has 25 heavy (non-hydrogen) atoms. The van der Waals surface area contributed by atoms with Gasteiger partial charge in [-0.15, -0.1) is 0 Å². The Balaban J connectivity index is 1.51. The number of aromatic nitrogens is 2. The zero-order valence-corrected chi connectivity index (χ0v) is 14.6. The Morgan fingerprint density at radius 2 is 2.16 bits per heavy atom. The van der Waals surface area contributed by atoms with Gasteiger partial charge in [0.2, 0.25) is 0 Å². The Morgan fingerprint density at radius 3 is 2.84 bits per heavy atom. The highest BCUT2D eigenvalue weighted by atomic mass is 35.5. The van der Waals surface area contributed by atoms with E-state index in [2.05, 4.69) is 21.0 Å². The molecule has 1 aliphatic heterocycles. The summed E-state index contributed by atoms with van der Waals surface area (Å²) >= 11 is 5.99. The summed E-state index contributed by atoms with van der Waals surface area (Å²) in [6.07, 6.45) is 1.57. The summed E-state index contributed by atoms with van der Waals surface area (Å²) in [7, 11) is 1.52. The smallest absolute Gasteiger partial charge is 0.272 e. The van der Waals surface area contributed by atoms with Crippen molar-refractivity contribution in [2.75, 3.05) is 11.9 Å². The third kappa shape index (κ3) is 4.58. The van der Waals surface area contributed by atoms with Gasteiger partial charge in [-0.2, -0.15) is 5.10 Å². The number of hydrogen-bond acceptors (Lipinski definition) is 5. The predicted molar refractivity (Wildman–Crippen MR) is 96.8 cm³/mol. The van der Waals surface area contributed by atoms with Crippen LogP contribution in [0.5, 0.6) is 0 Å². The lowest BCUT2D eigenvalue weighted by molar-refractivity contribution is 0.0912. The monoisotopic (exact) mass is 361 g/mol. The van der Waals surface area contributed by atoms with Crippen molar-refractivity contribution in [3.05, 3.63) is 57.5 Å². The summed E-state index contributed by atoms with van der Waals surface area (Å²) in [6.45, 7) is 0.720. The van der Waals surface area contributed by atoms with Gasteiger partial charge in [-0.3, -0.25) is 14.9 Å². The standard InChI is InChI=1S/C17H20ClN5O2/c1-23-16(24)8-6-14(22-23)17(25)21-15-7-5-13(10-19-15)20-12-4-2-3-11(18)9-12/h2-4,6,8-9,13,15,19-20H,5,7,10H2,1H3,(H,21,25). The Hall–Kier alpha value is -2.38. The largest absolute Gasteiger partial charge is 0.381 e. The number of anilines is 1. The van der Waals surface area contributed by atoms with Gasteiger partial charge >= 0.3 is 0 Å². The maximum absolute atomic E-state index is 12.2. The molecule has 1 aromatic heterocycles. The molecule has 1 aromatic carbocycles. The summed E-state index contributed by atoms with van der Waals surface area (Å²) in [5.74, 6) is -0.297. The fourth-order valence-electron chi connectivity index (χ4n) is 2.77. The molecule has 0 saturated carbocycles. The van der Waals surface area contributed by atoms with Crippen LogP contribution in [0.2, 0.25) is 5.02 Å². The minimum absolute atomic E-state index is 0.121. The van der Waals surface area contributed by atoms with Crippen LogP contribution >= 0.6 is 11.6 Å². The summed E-state index contributed by atoms with van der Waals surface area (Å²) in [6, 6.07) is 10.6. The molecule has 0 aliphatic carbocycles. The number of nitrogens with zero attached hydrogens (tertiary/aromatic N) is 2. The SMILES string of the molecule is Cn1nc(C(=O)NC2CCC(Nc3cccc(Cl)c3)CN2)ccc1=O. The van der Waals surface area contributed by atoms with Crippen LogP contribution < -0.4 is 21.5 Å². The summed E-state index contributed by atoms with van der Waals surface area (Å²) in [5.41, 5.74) is 0.960. The van der Waals surface area contributed by atoms with E-state index in [0.29, 0.717) is 5.02 Å². The van der Waals surface area contributed by atoms with Crippen LogP contribution in [0.15, 0.2) is 41.2 Å². The molecule has 1 saturated heterocycles. The van der Waals surface area contributed by atoms with Crippen molar-refractivity contribution in [3.8, 4) is 0 Å². The number of nitrogens with one attached hydrogen (secondary N) is 3. The number of carbonyl (C=O) groups excluding carboxylic acids is 1. The molecule has 3 rings (SSSR count). The van der Waals surface area contributed by atoms with Crippen molar-refractivity contribution in [2.45, 2.75) is 25.0 Å². The van der Waals surface area contributed by atoms with E-state index in [9.17, 15) is 9.59 Å². The number of piperidine rings is 1. The predicted octanol–water partition coefficient (Wildman–Crippen LogP) is 1.35. The Bertz CT molecular complexity index is 815. The molecule has 7 nitrogen and oxygen atoms in total. The number of halogens is 1. The zero-order valence-electron chi connectivity index (χ0n) is 13.8. The average molecular weight is 362 g/mol. The fraction of sp³-hybridized carbons (Fsp3) is 0.353. The number of carbonyl (C=O) groups is 1. The van der Waals surface area contributed by atoms with Gasteiger partial charge in [0.05, 0.1) is 6.17 Å². The highest BCUT2D eigenvalue weighted by Crippen LogP contribution is 2.18. The summed E-state index contributed by atoms with van der Waals surface area (Å²) in [4.78, 5) is 23.6. The molecule has 1 fully saturated rings. The Morgan fingerprint density at radius 1 is 1.32 bits per heavy atom. The van der Waals surface area contributed by atoms with Gasteiger partial charge in [0.15, 0.2) is 0 Å². The van der Waals surface area contributed by atoms with Crippen LogP contribution in [0.25, 0.3) is 0 Å². The second-order valence-electron chi connectivity index (χ2n) is 6.04. The first-order chi connectivity index (χ1) is 12.0. The molecule has 1 aliphatic rings. The quantitative estimate of drug-likeness (QED) is 0.765. The van der Waals surface area contributed by atoms with E-state index in [1.54, 1.807) is 0 Å². The van der Waals surface area contributed by atoms with Gasteiger partial charge in [-0.25, -0.2) is 4.68 Å². The maximum atomic E-state index is 12.2. The van der Waals surface area contributed by atoms with E-state index < -0.39 is 0 Å². The number of rotatable bonds is 4. The minimum Gasteiger partial charge on any atom is -0.381 e. The summed E-state index contributed by atoms with van der Waals surface area (Å²) < 4.78 is 1.15. The molecule has 2 aromatic rings. The van der Waals surface area contributed by atoms with Crippen molar-refractivity contribution in [3.63, 3.8) is 0 Å². The van der Waals surface area contributed by atoms with Crippen molar-refractivity contribution in [1.29, 1.82) is 0 Å². The van der Waals surface area contributed by atoms with E-state index in [0.717, 1.165) is 29.8 Å². The van der Waals surface area contributed by atoms with Gasteiger partial charge < -0.3 is 10.6 Å². The van der Waals surface area contributed by atoms with Crippen LogP contribution in [0.3, 0.4) is 0 Å². The number of aryl methyl sites for hydroxylation is 1. The highest BCUT2D eigenvalue weighted by Gasteiger charge is 2.22. The molecule has 3 N–H and O–H groups in total. The lowest BCUT2D eigenvalue weighted by Gasteiger charge is -2.31. The van der Waals surface area contributed by atoms with Crippen LogP contribution in [0, 0.1) is 0 Å². The molecule has 8 heteroatoms. The first kappa shape index (κ1) is 17.4. The fourth-order valence-corrected chi connectivity index (χ4v) is 2.96. The Kier molecular flexibility index (Phi) is 5.35. The maximum Gasteiger partial charge on any atom is 0.272 e. The van der Waals surface area contributed by atoms with Crippen molar-refractivity contribution < 1.29 is 4.79 Å². The third-order valence-corrected chi connectivity index (χ3v) is 4.34. The molecule has 0 spiro atoms. The number of benzene rings is 1. The molecule has 1 amide bonds. The molecule has 0 bridgehead atoms. The molecular weight excluding hydrogens is 342 g/mol. The normalized spacial score (nSPS) is 20.1. The number of hydrogen-bond donors (Lipinski definition) is 3. The lowest BCUT2D eigenvalue weighted by Crippen LogP contribution is -2.53. The molecule has 2 atom stereocenters. The van der Waals surface area contributed by atoms with Gasteiger partial charge in [-0.1, -0.05) is 17.7 Å². The van der Waals surface area contributed by atoms with E-state index in [-0.39, 0.29) is 29.4 Å². The van der Waals surface area contributed by atoms with Gasteiger partial charge in [0.1, 0.15) is 5.69 Å². The first-order valence-corrected chi connectivity index (χ1v) is 8.50. The van der Waals surface area contributed by atoms with Crippen LogP contribution in [0.1, 0.15) is 23.3 Å². The third-order valence-electron chi connectivity index (χ3n) is 4.11. The molecule has 2 heterocycles. The molecule has 132 valence electrons.